The monoisotopic (exact) mass is 612 g/mol. The van der Waals surface area contributed by atoms with E-state index in [4.69, 9.17) is 9.97 Å². The highest BCUT2D eigenvalue weighted by Crippen LogP contribution is 2.65. The third-order valence-corrected chi connectivity index (χ3v) is 10.7. The van der Waals surface area contributed by atoms with Crippen LogP contribution in [0.2, 0.25) is 0 Å². The molecular weight excluding hydrogens is 585 g/mol. The van der Waals surface area contributed by atoms with E-state index in [1.54, 1.807) is 0 Å². The first-order chi connectivity index (χ1) is 23.8. The predicted molar refractivity (Wildman–Crippen MR) is 195 cm³/mol. The molecule has 0 saturated carbocycles. The summed E-state index contributed by atoms with van der Waals surface area (Å²) in [4.78, 5) is 13.2. The molecule has 11 rings (SSSR count). The Morgan fingerprint density at radius 1 is 0.500 bits per heavy atom. The Bertz CT molecular complexity index is 2590. The largest absolute Gasteiger partial charge is 0.357 e. The van der Waals surface area contributed by atoms with E-state index in [-0.39, 0.29) is 6.17 Å². The van der Waals surface area contributed by atoms with E-state index >= 15 is 0 Å². The van der Waals surface area contributed by atoms with Crippen molar-refractivity contribution < 1.29 is 0 Å². The molecule has 4 heteroatoms. The maximum absolute atomic E-state index is 5.46. The van der Waals surface area contributed by atoms with Crippen LogP contribution in [0.25, 0.3) is 44.1 Å². The van der Waals surface area contributed by atoms with Crippen molar-refractivity contribution in [1.29, 1.82) is 0 Å². The maximum atomic E-state index is 5.46. The number of hydrogen-bond donors (Lipinski definition) is 1. The van der Waals surface area contributed by atoms with Gasteiger partial charge in [-0.1, -0.05) is 140 Å². The van der Waals surface area contributed by atoms with E-state index < -0.39 is 5.41 Å². The molecule has 1 N–H and O–H groups in total. The number of rotatable bonds is 2. The van der Waals surface area contributed by atoms with Crippen molar-refractivity contribution in [3.8, 4) is 22.4 Å². The molecule has 0 saturated heterocycles. The molecule has 2 aliphatic heterocycles. The SMILES string of the molecule is c1ccc2c(c1)-c1ccccc1C21c2ccccc2N2c3c(cccc31)NC2c1nc(-c2cccc3ccccc23)c2ccccc2n1. The molecule has 4 nitrogen and oxygen atoms in total. The second kappa shape index (κ2) is 9.40. The van der Waals surface area contributed by atoms with Crippen LogP contribution >= 0.6 is 0 Å². The molecule has 8 aromatic rings. The lowest BCUT2D eigenvalue weighted by molar-refractivity contribution is 0.701. The van der Waals surface area contributed by atoms with Crippen molar-refractivity contribution in [2.45, 2.75) is 11.6 Å². The number of anilines is 3. The minimum atomic E-state index is -0.444. The summed E-state index contributed by atoms with van der Waals surface area (Å²) in [6, 6.07) is 57.0. The van der Waals surface area contributed by atoms with Gasteiger partial charge in [0.2, 0.25) is 0 Å². The summed E-state index contributed by atoms with van der Waals surface area (Å²) < 4.78 is 0. The second-order valence-electron chi connectivity index (χ2n) is 13.0. The Labute approximate surface area is 278 Å². The van der Waals surface area contributed by atoms with E-state index in [9.17, 15) is 0 Å². The van der Waals surface area contributed by atoms with E-state index in [1.807, 2.05) is 0 Å². The fourth-order valence-electron chi connectivity index (χ4n) is 8.82. The number of hydrogen-bond acceptors (Lipinski definition) is 4. The summed E-state index contributed by atoms with van der Waals surface area (Å²) in [5, 5.41) is 7.34. The molecule has 48 heavy (non-hydrogen) atoms. The summed E-state index contributed by atoms with van der Waals surface area (Å²) in [6.07, 6.45) is -0.301. The Hall–Kier alpha value is -6.26. The summed E-state index contributed by atoms with van der Waals surface area (Å²) in [6.45, 7) is 0. The molecule has 3 heterocycles. The van der Waals surface area contributed by atoms with Crippen molar-refractivity contribution in [1.82, 2.24) is 9.97 Å². The van der Waals surface area contributed by atoms with Crippen LogP contribution in [0, 0.1) is 0 Å². The lowest BCUT2D eigenvalue weighted by Crippen LogP contribution is -2.38. The zero-order valence-electron chi connectivity index (χ0n) is 25.9. The van der Waals surface area contributed by atoms with Gasteiger partial charge < -0.3 is 10.2 Å². The highest BCUT2D eigenvalue weighted by molar-refractivity contribution is 6.03. The van der Waals surface area contributed by atoms with Crippen LogP contribution in [-0.4, -0.2) is 9.97 Å². The molecule has 1 aliphatic carbocycles. The molecule has 1 unspecified atom stereocenters. The number of nitrogens with one attached hydrogen (secondary N) is 1. The fourth-order valence-corrected chi connectivity index (χ4v) is 8.82. The highest BCUT2D eigenvalue weighted by Gasteiger charge is 2.54. The van der Waals surface area contributed by atoms with Crippen LogP contribution in [0.5, 0.6) is 0 Å². The van der Waals surface area contributed by atoms with Crippen LogP contribution in [0.1, 0.15) is 34.2 Å². The normalized spacial score (nSPS) is 16.0. The van der Waals surface area contributed by atoms with Gasteiger partial charge in [-0.15, -0.1) is 0 Å². The first-order valence-electron chi connectivity index (χ1n) is 16.6. The molecule has 7 aromatic carbocycles. The summed E-state index contributed by atoms with van der Waals surface area (Å²) in [5.74, 6) is 0.747. The molecule has 1 aromatic heterocycles. The van der Waals surface area contributed by atoms with Crippen molar-refractivity contribution in [2.24, 2.45) is 0 Å². The molecule has 0 amide bonds. The minimum Gasteiger partial charge on any atom is -0.357 e. The van der Waals surface area contributed by atoms with E-state index in [0.29, 0.717) is 0 Å². The van der Waals surface area contributed by atoms with Gasteiger partial charge in [0, 0.05) is 16.6 Å². The third kappa shape index (κ3) is 3.19. The van der Waals surface area contributed by atoms with Crippen LogP contribution in [0.4, 0.5) is 17.1 Å². The van der Waals surface area contributed by atoms with E-state index in [1.165, 1.54) is 55.5 Å². The first kappa shape index (κ1) is 25.9. The van der Waals surface area contributed by atoms with Crippen molar-refractivity contribution in [3.05, 3.63) is 186 Å². The number of para-hydroxylation sites is 3. The Morgan fingerprint density at radius 2 is 1.10 bits per heavy atom. The predicted octanol–water partition coefficient (Wildman–Crippen LogP) is 10.4. The lowest BCUT2D eigenvalue weighted by Gasteiger charge is -2.44. The fraction of sp³-hybridized carbons (Fsp3) is 0.0455. The van der Waals surface area contributed by atoms with Gasteiger partial charge >= 0.3 is 0 Å². The van der Waals surface area contributed by atoms with Crippen molar-refractivity contribution in [2.75, 3.05) is 10.2 Å². The quantitative estimate of drug-likeness (QED) is 0.211. The molecule has 0 radical (unpaired) electrons. The van der Waals surface area contributed by atoms with Gasteiger partial charge in [0.15, 0.2) is 12.0 Å². The maximum Gasteiger partial charge on any atom is 0.173 e. The zero-order chi connectivity index (χ0) is 31.4. The summed E-state index contributed by atoms with van der Waals surface area (Å²) >= 11 is 0. The van der Waals surface area contributed by atoms with Gasteiger partial charge in [0.25, 0.3) is 0 Å². The Balaban J connectivity index is 1.18. The Kier molecular flexibility index (Phi) is 5.07. The van der Waals surface area contributed by atoms with Crippen LogP contribution < -0.4 is 10.2 Å². The zero-order valence-corrected chi connectivity index (χ0v) is 25.9. The van der Waals surface area contributed by atoms with Crippen LogP contribution in [0.15, 0.2) is 158 Å². The third-order valence-electron chi connectivity index (χ3n) is 10.7. The summed E-state index contributed by atoms with van der Waals surface area (Å²) in [5.41, 5.74) is 13.8. The molecular formula is C44H28N4. The smallest absolute Gasteiger partial charge is 0.173 e. The number of benzene rings is 7. The van der Waals surface area contributed by atoms with Gasteiger partial charge in [-0.05, 0) is 62.4 Å². The van der Waals surface area contributed by atoms with E-state index in [2.05, 4.69) is 168 Å². The average Bonchev–Trinajstić information content (AvgIpc) is 3.69. The molecule has 0 bridgehead atoms. The molecule has 224 valence electrons. The second-order valence-corrected chi connectivity index (χ2v) is 13.0. The van der Waals surface area contributed by atoms with E-state index in [0.717, 1.165) is 33.7 Å². The summed E-state index contributed by atoms with van der Waals surface area (Å²) in [7, 11) is 0. The molecule has 1 spiro atoms. The standard InChI is InChI=1S/C44H28N4/c1-2-15-28-27(13-1)14-11-19-31(28)40-32-18-5-9-24-37(32)45-42(47-40)43-46-38-25-12-23-36-41(38)48(43)39-26-10-8-22-35(39)44(36)33-20-6-3-16-29(33)30-17-4-7-21-34(30)44/h1-26,43,46H. The van der Waals surface area contributed by atoms with Gasteiger partial charge in [0.1, 0.15) is 0 Å². The molecule has 1 atom stereocenters. The van der Waals surface area contributed by atoms with Gasteiger partial charge in [-0.25, -0.2) is 9.97 Å². The highest BCUT2D eigenvalue weighted by atomic mass is 15.4. The van der Waals surface area contributed by atoms with Crippen LogP contribution in [0.3, 0.4) is 0 Å². The van der Waals surface area contributed by atoms with Crippen LogP contribution in [-0.2, 0) is 5.41 Å². The molecule has 0 fully saturated rings. The number of fused-ring (bicyclic) bond motifs is 11. The minimum absolute atomic E-state index is 0.301. The van der Waals surface area contributed by atoms with Gasteiger partial charge in [-0.3, -0.25) is 0 Å². The number of aromatic nitrogens is 2. The average molecular weight is 613 g/mol. The van der Waals surface area contributed by atoms with Crippen molar-refractivity contribution >= 4 is 38.7 Å². The van der Waals surface area contributed by atoms with Gasteiger partial charge in [-0.2, -0.15) is 0 Å². The molecule has 3 aliphatic rings. The first-order valence-corrected chi connectivity index (χ1v) is 16.6. The van der Waals surface area contributed by atoms with Crippen molar-refractivity contribution in [3.63, 3.8) is 0 Å². The number of nitrogens with zero attached hydrogens (tertiary/aromatic N) is 3. The topological polar surface area (TPSA) is 41.0 Å². The lowest BCUT2D eigenvalue weighted by atomic mass is 9.64. The van der Waals surface area contributed by atoms with Gasteiger partial charge in [0.05, 0.1) is 28.0 Å². The Morgan fingerprint density at radius 3 is 1.94 bits per heavy atom.